The van der Waals surface area contributed by atoms with Crippen LogP contribution in [-0.2, 0) is 14.3 Å². The molecule has 0 saturated carbocycles. The van der Waals surface area contributed by atoms with Crippen molar-refractivity contribution in [1.82, 2.24) is 0 Å². The molecule has 33 heavy (non-hydrogen) atoms. The normalized spacial score (nSPS) is 12.2. The summed E-state index contributed by atoms with van der Waals surface area (Å²) < 4.78 is 11.2. The fourth-order valence-electron chi connectivity index (χ4n) is 4.51. The minimum atomic E-state index is -0.185. The van der Waals surface area contributed by atoms with E-state index in [2.05, 4.69) is 20.8 Å². The lowest BCUT2D eigenvalue weighted by Gasteiger charge is -2.17. The van der Waals surface area contributed by atoms with Gasteiger partial charge in [-0.05, 0) is 25.2 Å². The minimum absolute atomic E-state index is 0.125. The number of esters is 1. The Hall–Kier alpha value is -0.570. The number of carbonyl (C=O) groups excluding carboxylic acids is 1. The molecule has 198 valence electrons. The Bertz CT molecular complexity index is 383. The van der Waals surface area contributed by atoms with E-state index in [-0.39, 0.29) is 12.6 Å². The number of hydrogen-bond donors (Lipinski definition) is 0. The van der Waals surface area contributed by atoms with Crippen molar-refractivity contribution < 1.29 is 14.3 Å². The molecule has 0 fully saturated rings. The van der Waals surface area contributed by atoms with E-state index in [1.807, 2.05) is 0 Å². The molecular weight excluding hydrogens is 408 g/mol. The summed E-state index contributed by atoms with van der Waals surface area (Å²) in [4.78, 5) is 12.0. The minimum Gasteiger partial charge on any atom is -0.464 e. The Balaban J connectivity index is 3.73. The Morgan fingerprint density at radius 2 is 0.939 bits per heavy atom. The van der Waals surface area contributed by atoms with Gasteiger partial charge in [0.05, 0.1) is 13.2 Å². The summed E-state index contributed by atoms with van der Waals surface area (Å²) in [5.41, 5.74) is 0. The van der Waals surface area contributed by atoms with Gasteiger partial charge in [-0.15, -0.1) is 0 Å². The predicted molar refractivity (Wildman–Crippen MR) is 144 cm³/mol. The highest BCUT2D eigenvalue weighted by Crippen LogP contribution is 2.19. The maximum atomic E-state index is 12.0. The lowest BCUT2D eigenvalue weighted by molar-refractivity contribution is -0.149. The Kier molecular flexibility index (Phi) is 27.2. The van der Waals surface area contributed by atoms with Crippen molar-refractivity contribution >= 4 is 5.97 Å². The van der Waals surface area contributed by atoms with Crippen LogP contribution in [-0.4, -0.2) is 25.8 Å². The van der Waals surface area contributed by atoms with E-state index in [0.29, 0.717) is 19.1 Å². The summed E-state index contributed by atoms with van der Waals surface area (Å²) in [6.07, 6.45) is 28.7. The molecule has 0 rings (SSSR count). The molecule has 3 nitrogen and oxygen atoms in total. The van der Waals surface area contributed by atoms with Crippen molar-refractivity contribution in [3.8, 4) is 0 Å². The van der Waals surface area contributed by atoms with E-state index < -0.39 is 0 Å². The van der Waals surface area contributed by atoms with Gasteiger partial charge in [-0.2, -0.15) is 0 Å². The van der Waals surface area contributed by atoms with Gasteiger partial charge in [-0.25, -0.2) is 4.79 Å². The van der Waals surface area contributed by atoms with Gasteiger partial charge in [0, 0.05) is 0 Å². The third-order valence-corrected chi connectivity index (χ3v) is 6.77. The molecule has 0 aliphatic heterocycles. The highest BCUT2D eigenvalue weighted by molar-refractivity contribution is 5.70. The van der Waals surface area contributed by atoms with Crippen LogP contribution >= 0.6 is 0 Å². The molecule has 0 aliphatic rings. The Morgan fingerprint density at radius 1 is 0.545 bits per heavy atom. The molecule has 0 aromatic heterocycles. The molecule has 0 amide bonds. The summed E-state index contributed by atoms with van der Waals surface area (Å²) >= 11 is 0. The zero-order chi connectivity index (χ0) is 24.2. The van der Waals surface area contributed by atoms with E-state index in [4.69, 9.17) is 9.47 Å². The van der Waals surface area contributed by atoms with Crippen molar-refractivity contribution in [2.24, 2.45) is 5.92 Å². The third kappa shape index (κ3) is 25.9. The van der Waals surface area contributed by atoms with Crippen LogP contribution in [0.2, 0.25) is 0 Å². The van der Waals surface area contributed by atoms with E-state index in [9.17, 15) is 4.79 Å². The van der Waals surface area contributed by atoms with Gasteiger partial charge in [0.2, 0.25) is 0 Å². The Labute approximate surface area is 208 Å². The SMILES string of the molecule is CCCCCCCCCCCCOC(=O)COCC(CCCCCC)CCCCCCCC. The van der Waals surface area contributed by atoms with Crippen LogP contribution in [0.25, 0.3) is 0 Å². The van der Waals surface area contributed by atoms with E-state index in [1.165, 1.54) is 135 Å². The number of carbonyl (C=O) groups is 1. The van der Waals surface area contributed by atoms with Crippen LogP contribution in [0.4, 0.5) is 0 Å². The van der Waals surface area contributed by atoms with Crippen molar-refractivity contribution in [3.63, 3.8) is 0 Å². The van der Waals surface area contributed by atoms with Gasteiger partial charge >= 0.3 is 5.97 Å². The van der Waals surface area contributed by atoms with Gasteiger partial charge in [0.1, 0.15) is 6.61 Å². The molecule has 0 bridgehead atoms. The number of rotatable bonds is 27. The van der Waals surface area contributed by atoms with Crippen molar-refractivity contribution in [2.75, 3.05) is 19.8 Å². The number of unbranched alkanes of at least 4 members (excludes halogenated alkanes) is 17. The summed E-state index contributed by atoms with van der Waals surface area (Å²) in [5, 5.41) is 0. The summed E-state index contributed by atoms with van der Waals surface area (Å²) in [5.74, 6) is 0.415. The van der Waals surface area contributed by atoms with Crippen molar-refractivity contribution in [2.45, 2.75) is 162 Å². The zero-order valence-electron chi connectivity index (χ0n) is 23.0. The highest BCUT2D eigenvalue weighted by atomic mass is 16.6. The van der Waals surface area contributed by atoms with Crippen LogP contribution in [0.5, 0.6) is 0 Å². The first-order valence-electron chi connectivity index (χ1n) is 15.0. The van der Waals surface area contributed by atoms with Crippen molar-refractivity contribution in [3.05, 3.63) is 0 Å². The van der Waals surface area contributed by atoms with Gasteiger partial charge < -0.3 is 9.47 Å². The molecule has 0 N–H and O–H groups in total. The smallest absolute Gasteiger partial charge is 0.332 e. The predicted octanol–water partition coefficient (Wildman–Crippen LogP) is 9.80. The number of hydrogen-bond acceptors (Lipinski definition) is 3. The molecule has 0 aliphatic carbocycles. The number of ether oxygens (including phenoxy) is 2. The Morgan fingerprint density at radius 3 is 1.42 bits per heavy atom. The highest BCUT2D eigenvalue weighted by Gasteiger charge is 2.11. The second-order valence-corrected chi connectivity index (χ2v) is 10.2. The molecule has 0 aromatic carbocycles. The van der Waals surface area contributed by atoms with Gasteiger partial charge in [0.15, 0.2) is 0 Å². The maximum Gasteiger partial charge on any atom is 0.332 e. The molecule has 0 saturated heterocycles. The molecule has 1 atom stereocenters. The summed E-state index contributed by atoms with van der Waals surface area (Å²) in [7, 11) is 0. The molecular formula is C30H60O3. The van der Waals surface area contributed by atoms with Crippen molar-refractivity contribution in [1.29, 1.82) is 0 Å². The molecule has 1 unspecified atom stereocenters. The fraction of sp³-hybridized carbons (Fsp3) is 0.967. The first-order chi connectivity index (χ1) is 16.2. The summed E-state index contributed by atoms with van der Waals surface area (Å²) in [6, 6.07) is 0. The van der Waals surface area contributed by atoms with Crippen LogP contribution in [0.3, 0.4) is 0 Å². The molecule has 0 aromatic rings. The second-order valence-electron chi connectivity index (χ2n) is 10.2. The standard InChI is InChI=1S/C30H60O3/c1-4-7-10-13-15-16-17-18-20-23-26-33-30(31)28-32-27-29(24-21-12-9-6-3)25-22-19-14-11-8-5-2/h29H,4-28H2,1-3H3. The van der Waals surface area contributed by atoms with Crippen LogP contribution in [0, 0.1) is 5.92 Å². The van der Waals surface area contributed by atoms with Gasteiger partial charge in [0.25, 0.3) is 0 Å². The van der Waals surface area contributed by atoms with E-state index >= 15 is 0 Å². The first kappa shape index (κ1) is 32.4. The molecule has 3 heteroatoms. The quantitative estimate of drug-likeness (QED) is 0.0888. The van der Waals surface area contributed by atoms with E-state index in [1.54, 1.807) is 0 Å². The second kappa shape index (κ2) is 27.7. The maximum absolute atomic E-state index is 12.0. The van der Waals surface area contributed by atoms with E-state index in [0.717, 1.165) is 6.42 Å². The monoisotopic (exact) mass is 468 g/mol. The lowest BCUT2D eigenvalue weighted by Crippen LogP contribution is -2.17. The van der Waals surface area contributed by atoms with Crippen LogP contribution in [0.1, 0.15) is 162 Å². The van der Waals surface area contributed by atoms with Gasteiger partial charge in [-0.1, -0.05) is 143 Å². The molecule has 0 spiro atoms. The summed E-state index contributed by atoms with van der Waals surface area (Å²) in [6.45, 7) is 8.19. The van der Waals surface area contributed by atoms with Gasteiger partial charge in [-0.3, -0.25) is 0 Å². The topological polar surface area (TPSA) is 35.5 Å². The largest absolute Gasteiger partial charge is 0.464 e. The average Bonchev–Trinajstić information content (AvgIpc) is 2.82. The lowest BCUT2D eigenvalue weighted by atomic mass is 9.95. The van der Waals surface area contributed by atoms with Crippen LogP contribution in [0.15, 0.2) is 0 Å². The fourth-order valence-corrected chi connectivity index (χ4v) is 4.51. The third-order valence-electron chi connectivity index (χ3n) is 6.77. The zero-order valence-corrected chi connectivity index (χ0v) is 23.0. The molecule has 0 radical (unpaired) electrons. The molecule has 0 heterocycles. The first-order valence-corrected chi connectivity index (χ1v) is 15.0. The average molecular weight is 469 g/mol. The van der Waals surface area contributed by atoms with Crippen LogP contribution < -0.4 is 0 Å².